The molecular weight excluding hydrogens is 344 g/mol. The van der Waals surface area contributed by atoms with Crippen molar-refractivity contribution in [3.8, 4) is 0 Å². The van der Waals surface area contributed by atoms with Crippen molar-refractivity contribution in [3.63, 3.8) is 0 Å². The zero-order valence-electron chi connectivity index (χ0n) is 14.5. The van der Waals surface area contributed by atoms with E-state index in [-0.39, 0.29) is 17.8 Å². The molecule has 4 rings (SSSR count). The molecule has 2 aromatic heterocycles. The van der Waals surface area contributed by atoms with Gasteiger partial charge in [0.25, 0.3) is 11.5 Å². The van der Waals surface area contributed by atoms with Gasteiger partial charge in [0.05, 0.1) is 11.9 Å². The molecule has 1 amide bonds. The highest BCUT2D eigenvalue weighted by Crippen LogP contribution is 2.16. The first kappa shape index (κ1) is 16.7. The van der Waals surface area contributed by atoms with Crippen LogP contribution in [0.25, 0.3) is 10.8 Å². The number of benzene rings is 2. The van der Waals surface area contributed by atoms with E-state index in [1.54, 1.807) is 37.3 Å². The van der Waals surface area contributed by atoms with Crippen LogP contribution in [0.3, 0.4) is 0 Å². The van der Waals surface area contributed by atoms with E-state index in [2.05, 4.69) is 15.6 Å². The summed E-state index contributed by atoms with van der Waals surface area (Å²) < 4.78 is 6.28. The molecule has 0 aliphatic rings. The van der Waals surface area contributed by atoms with Crippen molar-refractivity contribution in [2.24, 2.45) is 0 Å². The van der Waals surface area contributed by atoms with Crippen LogP contribution in [0.1, 0.15) is 21.8 Å². The first-order chi connectivity index (χ1) is 13.1. The maximum Gasteiger partial charge on any atom is 0.277 e. The Hall–Kier alpha value is -3.74. The van der Waals surface area contributed by atoms with Gasteiger partial charge in [-0.25, -0.2) is 4.68 Å². The third-order valence-electron chi connectivity index (χ3n) is 4.13. The van der Waals surface area contributed by atoms with E-state index in [4.69, 9.17) is 4.52 Å². The van der Waals surface area contributed by atoms with Gasteiger partial charge >= 0.3 is 0 Å². The van der Waals surface area contributed by atoms with Crippen LogP contribution in [-0.2, 0) is 6.54 Å². The van der Waals surface area contributed by atoms with Crippen molar-refractivity contribution in [3.05, 3.63) is 88.0 Å². The zero-order chi connectivity index (χ0) is 18.8. The van der Waals surface area contributed by atoms with Gasteiger partial charge in [0.2, 0.25) is 0 Å². The minimum atomic E-state index is -0.457. The van der Waals surface area contributed by atoms with E-state index in [9.17, 15) is 9.59 Å². The molecule has 0 aliphatic carbocycles. The fraction of sp³-hybridized carbons (Fsp3) is 0.100. The first-order valence-electron chi connectivity index (χ1n) is 8.40. The highest BCUT2D eigenvalue weighted by Gasteiger charge is 2.18. The van der Waals surface area contributed by atoms with Gasteiger partial charge in [0.1, 0.15) is 5.76 Å². The van der Waals surface area contributed by atoms with E-state index in [0.29, 0.717) is 22.4 Å². The standard InChI is InChI=1S/C20H16N4O3/c1-13-11-17(23-27-13)21-19(25)18-15-9-5-6-10-16(15)20(26)24(22-18)12-14-7-3-2-4-8-14/h2-11H,12H2,1H3,(H,21,23,25). The highest BCUT2D eigenvalue weighted by molar-refractivity contribution is 6.10. The number of amides is 1. The summed E-state index contributed by atoms with van der Waals surface area (Å²) in [7, 11) is 0. The molecule has 4 aromatic rings. The maximum absolute atomic E-state index is 12.8. The summed E-state index contributed by atoms with van der Waals surface area (Å²) in [5.74, 6) is 0.419. The van der Waals surface area contributed by atoms with Crippen LogP contribution < -0.4 is 10.9 Å². The summed E-state index contributed by atoms with van der Waals surface area (Å²) >= 11 is 0. The van der Waals surface area contributed by atoms with Crippen LogP contribution in [0.4, 0.5) is 5.82 Å². The molecular formula is C20H16N4O3. The summed E-state index contributed by atoms with van der Waals surface area (Å²) in [5, 5.41) is 11.7. The Labute approximate surface area is 154 Å². The molecule has 0 fully saturated rings. The quantitative estimate of drug-likeness (QED) is 0.604. The maximum atomic E-state index is 12.8. The number of fused-ring (bicyclic) bond motifs is 1. The number of carbonyl (C=O) groups is 1. The lowest BCUT2D eigenvalue weighted by molar-refractivity contribution is 0.102. The van der Waals surface area contributed by atoms with Crippen molar-refractivity contribution in [2.45, 2.75) is 13.5 Å². The molecule has 0 atom stereocenters. The second-order valence-corrected chi connectivity index (χ2v) is 6.12. The Kier molecular flexibility index (Phi) is 4.25. The third kappa shape index (κ3) is 3.35. The van der Waals surface area contributed by atoms with Crippen molar-refractivity contribution in [1.82, 2.24) is 14.9 Å². The van der Waals surface area contributed by atoms with Crippen LogP contribution in [-0.4, -0.2) is 20.8 Å². The molecule has 27 heavy (non-hydrogen) atoms. The van der Waals surface area contributed by atoms with Gasteiger partial charge in [-0.05, 0) is 18.6 Å². The molecule has 0 spiro atoms. The van der Waals surface area contributed by atoms with Gasteiger partial charge in [-0.3, -0.25) is 9.59 Å². The SMILES string of the molecule is Cc1cc(NC(=O)c2nn(Cc3ccccc3)c(=O)c3ccccc23)no1. The van der Waals surface area contributed by atoms with E-state index in [1.165, 1.54) is 4.68 Å². The van der Waals surface area contributed by atoms with Crippen LogP contribution in [0.5, 0.6) is 0 Å². The average Bonchev–Trinajstić information content (AvgIpc) is 3.09. The highest BCUT2D eigenvalue weighted by atomic mass is 16.5. The fourth-order valence-corrected chi connectivity index (χ4v) is 2.87. The summed E-state index contributed by atoms with van der Waals surface area (Å²) in [5.41, 5.74) is 0.825. The van der Waals surface area contributed by atoms with E-state index in [0.717, 1.165) is 5.56 Å². The second-order valence-electron chi connectivity index (χ2n) is 6.12. The molecule has 0 aliphatic heterocycles. The molecule has 134 valence electrons. The predicted molar refractivity (Wildman–Crippen MR) is 101 cm³/mol. The Morgan fingerprint density at radius 3 is 2.48 bits per heavy atom. The van der Waals surface area contributed by atoms with Gasteiger partial charge in [0.15, 0.2) is 11.5 Å². The predicted octanol–water partition coefficient (Wildman–Crippen LogP) is 2.99. The van der Waals surface area contributed by atoms with Crippen molar-refractivity contribution in [1.29, 1.82) is 0 Å². The number of hydrogen-bond acceptors (Lipinski definition) is 5. The average molecular weight is 360 g/mol. The van der Waals surface area contributed by atoms with Crippen molar-refractivity contribution < 1.29 is 9.32 Å². The molecule has 0 radical (unpaired) electrons. The second kappa shape index (κ2) is 6.87. The normalized spacial score (nSPS) is 10.9. The van der Waals surface area contributed by atoms with Crippen LogP contribution in [0.2, 0.25) is 0 Å². The number of carbonyl (C=O) groups excluding carboxylic acids is 1. The van der Waals surface area contributed by atoms with Crippen LogP contribution in [0.15, 0.2) is 70.0 Å². The molecule has 2 heterocycles. The molecule has 7 heteroatoms. The fourth-order valence-electron chi connectivity index (χ4n) is 2.87. The molecule has 0 saturated heterocycles. The molecule has 7 nitrogen and oxygen atoms in total. The summed E-state index contributed by atoms with van der Waals surface area (Å²) in [6.07, 6.45) is 0. The van der Waals surface area contributed by atoms with Crippen molar-refractivity contribution in [2.75, 3.05) is 5.32 Å². The first-order valence-corrected chi connectivity index (χ1v) is 8.40. The largest absolute Gasteiger partial charge is 0.360 e. The number of aromatic nitrogens is 3. The number of hydrogen-bond donors (Lipinski definition) is 1. The lowest BCUT2D eigenvalue weighted by atomic mass is 10.1. The smallest absolute Gasteiger partial charge is 0.277 e. The number of nitrogens with zero attached hydrogens (tertiary/aromatic N) is 3. The summed E-state index contributed by atoms with van der Waals surface area (Å²) in [4.78, 5) is 25.6. The molecule has 0 saturated carbocycles. The molecule has 0 unspecified atom stereocenters. The molecule has 1 N–H and O–H groups in total. The lowest BCUT2D eigenvalue weighted by Gasteiger charge is -2.10. The van der Waals surface area contributed by atoms with Gasteiger partial charge in [0, 0.05) is 11.5 Å². The Morgan fingerprint density at radius 2 is 1.78 bits per heavy atom. The van der Waals surface area contributed by atoms with Gasteiger partial charge in [-0.1, -0.05) is 53.7 Å². The number of aryl methyl sites for hydroxylation is 1. The molecule has 0 bridgehead atoms. The lowest BCUT2D eigenvalue weighted by Crippen LogP contribution is -2.28. The molecule has 2 aromatic carbocycles. The Balaban J connectivity index is 1.80. The van der Waals surface area contributed by atoms with Gasteiger partial charge in [-0.15, -0.1) is 0 Å². The number of rotatable bonds is 4. The topological polar surface area (TPSA) is 90.0 Å². The summed E-state index contributed by atoms with van der Waals surface area (Å²) in [6, 6.07) is 18.0. The third-order valence-corrected chi connectivity index (χ3v) is 4.13. The number of anilines is 1. The Morgan fingerprint density at radius 1 is 1.07 bits per heavy atom. The van der Waals surface area contributed by atoms with E-state index < -0.39 is 5.91 Å². The summed E-state index contributed by atoms with van der Waals surface area (Å²) in [6.45, 7) is 2.00. The monoisotopic (exact) mass is 360 g/mol. The van der Waals surface area contributed by atoms with Crippen LogP contribution >= 0.6 is 0 Å². The van der Waals surface area contributed by atoms with E-state index >= 15 is 0 Å². The van der Waals surface area contributed by atoms with Crippen molar-refractivity contribution >= 4 is 22.5 Å². The van der Waals surface area contributed by atoms with E-state index in [1.807, 2.05) is 30.3 Å². The number of nitrogens with one attached hydrogen (secondary N) is 1. The minimum Gasteiger partial charge on any atom is -0.360 e. The Bertz CT molecular complexity index is 1180. The zero-order valence-corrected chi connectivity index (χ0v) is 14.5. The van der Waals surface area contributed by atoms with Crippen LogP contribution in [0, 0.1) is 6.92 Å². The minimum absolute atomic E-state index is 0.154. The van der Waals surface area contributed by atoms with Gasteiger partial charge < -0.3 is 9.84 Å². The van der Waals surface area contributed by atoms with Gasteiger partial charge in [-0.2, -0.15) is 5.10 Å².